The van der Waals surface area contributed by atoms with Crippen molar-refractivity contribution in [3.05, 3.63) is 35.4 Å². The van der Waals surface area contributed by atoms with Crippen molar-refractivity contribution < 1.29 is 4.79 Å². The number of alkyl halides is 1. The first-order valence-corrected chi connectivity index (χ1v) is 7.30. The zero-order chi connectivity index (χ0) is 12.1. The summed E-state index contributed by atoms with van der Waals surface area (Å²) in [5.74, 6) is 0.838. The van der Waals surface area contributed by atoms with Crippen LogP contribution in [0.25, 0.3) is 0 Å². The molecule has 3 heteroatoms. The van der Waals surface area contributed by atoms with Crippen LogP contribution in [0.5, 0.6) is 0 Å². The maximum Gasteiger partial charge on any atom is 0.220 e. The SMILES string of the molecule is O=C(CC1CCC1)NCc1ccc(CBr)cc1. The molecule has 92 valence electrons. The van der Waals surface area contributed by atoms with Crippen LogP contribution >= 0.6 is 15.9 Å². The minimum Gasteiger partial charge on any atom is -0.352 e. The Balaban J connectivity index is 1.74. The predicted molar refractivity (Wildman–Crippen MR) is 72.9 cm³/mol. The Labute approximate surface area is 111 Å². The molecule has 2 rings (SSSR count). The summed E-state index contributed by atoms with van der Waals surface area (Å²) in [6.07, 6.45) is 4.46. The number of carbonyl (C=O) groups excluding carboxylic acids is 1. The van der Waals surface area contributed by atoms with Crippen LogP contribution in [0.4, 0.5) is 0 Å². The van der Waals surface area contributed by atoms with Crippen molar-refractivity contribution >= 4 is 21.8 Å². The first-order valence-electron chi connectivity index (χ1n) is 6.18. The maximum absolute atomic E-state index is 11.6. The third-order valence-corrected chi connectivity index (χ3v) is 4.01. The van der Waals surface area contributed by atoms with E-state index < -0.39 is 0 Å². The number of benzene rings is 1. The summed E-state index contributed by atoms with van der Waals surface area (Å²) in [5.41, 5.74) is 2.42. The van der Waals surface area contributed by atoms with Crippen LogP contribution < -0.4 is 5.32 Å². The molecule has 1 aromatic rings. The van der Waals surface area contributed by atoms with Gasteiger partial charge in [-0.3, -0.25) is 4.79 Å². The zero-order valence-corrected chi connectivity index (χ0v) is 11.5. The summed E-state index contributed by atoms with van der Waals surface area (Å²) in [6, 6.07) is 8.31. The van der Waals surface area contributed by atoms with Crippen LogP contribution in [0, 0.1) is 5.92 Å². The Morgan fingerprint density at radius 2 is 1.88 bits per heavy atom. The van der Waals surface area contributed by atoms with E-state index in [1.165, 1.54) is 24.8 Å². The van der Waals surface area contributed by atoms with Gasteiger partial charge >= 0.3 is 0 Å². The molecule has 0 aromatic heterocycles. The highest BCUT2D eigenvalue weighted by molar-refractivity contribution is 9.08. The van der Waals surface area contributed by atoms with Crippen molar-refractivity contribution in [3.8, 4) is 0 Å². The van der Waals surface area contributed by atoms with Gasteiger partial charge < -0.3 is 5.32 Å². The molecule has 0 aliphatic heterocycles. The standard InChI is InChI=1S/C14H18BrNO/c15-9-12-4-6-13(7-5-12)10-16-14(17)8-11-2-1-3-11/h4-7,11H,1-3,8-10H2,(H,16,17). The molecule has 1 N–H and O–H groups in total. The number of hydrogen-bond acceptors (Lipinski definition) is 1. The van der Waals surface area contributed by atoms with Gasteiger partial charge in [-0.1, -0.05) is 46.6 Å². The molecule has 0 spiro atoms. The fourth-order valence-electron chi connectivity index (χ4n) is 1.98. The van der Waals surface area contributed by atoms with Gasteiger partial charge in [0.2, 0.25) is 5.91 Å². The van der Waals surface area contributed by atoms with Crippen LogP contribution in [-0.2, 0) is 16.7 Å². The van der Waals surface area contributed by atoms with Crippen molar-refractivity contribution in [3.63, 3.8) is 0 Å². The summed E-state index contributed by atoms with van der Waals surface area (Å²) in [6.45, 7) is 0.647. The minimum atomic E-state index is 0.194. The molecule has 0 atom stereocenters. The summed E-state index contributed by atoms with van der Waals surface area (Å²) < 4.78 is 0. The van der Waals surface area contributed by atoms with Crippen molar-refractivity contribution in [2.45, 2.75) is 37.6 Å². The molecule has 2 nitrogen and oxygen atoms in total. The Morgan fingerprint density at radius 3 is 2.41 bits per heavy atom. The molecule has 1 fully saturated rings. The number of rotatable bonds is 5. The average molecular weight is 296 g/mol. The highest BCUT2D eigenvalue weighted by Gasteiger charge is 2.20. The first kappa shape index (κ1) is 12.6. The molecular weight excluding hydrogens is 278 g/mol. The minimum absolute atomic E-state index is 0.194. The lowest BCUT2D eigenvalue weighted by molar-refractivity contribution is -0.122. The number of amides is 1. The van der Waals surface area contributed by atoms with Gasteiger partial charge in [-0.15, -0.1) is 0 Å². The predicted octanol–water partition coefficient (Wildman–Crippen LogP) is 3.39. The maximum atomic E-state index is 11.6. The van der Waals surface area contributed by atoms with E-state index in [-0.39, 0.29) is 5.91 Å². The van der Waals surface area contributed by atoms with Gasteiger partial charge in [0.15, 0.2) is 0 Å². The fourth-order valence-corrected chi connectivity index (χ4v) is 2.35. The molecule has 0 radical (unpaired) electrons. The molecule has 0 heterocycles. The molecule has 0 unspecified atom stereocenters. The van der Waals surface area contributed by atoms with E-state index >= 15 is 0 Å². The van der Waals surface area contributed by atoms with Crippen molar-refractivity contribution in [1.82, 2.24) is 5.32 Å². The molecule has 1 saturated carbocycles. The number of nitrogens with one attached hydrogen (secondary N) is 1. The van der Waals surface area contributed by atoms with Gasteiger partial charge in [-0.25, -0.2) is 0 Å². The van der Waals surface area contributed by atoms with Gasteiger partial charge in [0, 0.05) is 18.3 Å². The Morgan fingerprint density at radius 1 is 1.24 bits per heavy atom. The third kappa shape index (κ3) is 3.84. The van der Waals surface area contributed by atoms with E-state index in [0.717, 1.165) is 10.9 Å². The second-order valence-corrected chi connectivity index (χ2v) is 5.29. The summed E-state index contributed by atoms with van der Waals surface area (Å²) >= 11 is 3.42. The van der Waals surface area contributed by atoms with Gasteiger partial charge in [0.05, 0.1) is 0 Å². The van der Waals surface area contributed by atoms with Crippen LogP contribution in [0.15, 0.2) is 24.3 Å². The quantitative estimate of drug-likeness (QED) is 0.829. The van der Waals surface area contributed by atoms with Gasteiger partial charge in [0.1, 0.15) is 0 Å². The highest BCUT2D eigenvalue weighted by atomic mass is 79.9. The normalized spacial score (nSPS) is 15.4. The molecular formula is C14H18BrNO. The van der Waals surface area contributed by atoms with Crippen molar-refractivity contribution in [2.75, 3.05) is 0 Å². The third-order valence-electron chi connectivity index (χ3n) is 3.37. The van der Waals surface area contributed by atoms with E-state index in [2.05, 4.69) is 45.5 Å². The van der Waals surface area contributed by atoms with E-state index in [1.807, 2.05) is 0 Å². The molecule has 1 aliphatic rings. The van der Waals surface area contributed by atoms with Crippen LogP contribution in [-0.4, -0.2) is 5.91 Å². The van der Waals surface area contributed by atoms with E-state index in [4.69, 9.17) is 0 Å². The Hall–Kier alpha value is -0.830. The molecule has 17 heavy (non-hydrogen) atoms. The van der Waals surface area contributed by atoms with Crippen LogP contribution in [0.2, 0.25) is 0 Å². The van der Waals surface area contributed by atoms with Crippen molar-refractivity contribution in [2.24, 2.45) is 5.92 Å². The summed E-state index contributed by atoms with van der Waals surface area (Å²) in [4.78, 5) is 11.6. The number of carbonyl (C=O) groups is 1. The molecule has 1 aliphatic carbocycles. The van der Waals surface area contributed by atoms with E-state index in [9.17, 15) is 4.79 Å². The van der Waals surface area contributed by atoms with E-state index in [1.54, 1.807) is 0 Å². The first-order chi connectivity index (χ1) is 8.28. The highest BCUT2D eigenvalue weighted by Crippen LogP contribution is 2.29. The molecule has 1 amide bonds. The Kier molecular flexibility index (Phi) is 4.60. The van der Waals surface area contributed by atoms with Gasteiger partial charge in [-0.2, -0.15) is 0 Å². The largest absolute Gasteiger partial charge is 0.352 e. The lowest BCUT2D eigenvalue weighted by Crippen LogP contribution is -2.27. The number of halogens is 1. The molecule has 0 saturated heterocycles. The summed E-state index contributed by atoms with van der Waals surface area (Å²) in [5, 5.41) is 3.86. The molecule has 1 aromatic carbocycles. The monoisotopic (exact) mass is 295 g/mol. The average Bonchev–Trinajstić information content (AvgIpc) is 2.32. The van der Waals surface area contributed by atoms with Crippen LogP contribution in [0.1, 0.15) is 36.8 Å². The molecule has 0 bridgehead atoms. The van der Waals surface area contributed by atoms with Gasteiger partial charge in [-0.05, 0) is 29.9 Å². The van der Waals surface area contributed by atoms with Crippen LogP contribution in [0.3, 0.4) is 0 Å². The zero-order valence-electron chi connectivity index (χ0n) is 9.92. The van der Waals surface area contributed by atoms with E-state index in [0.29, 0.717) is 18.9 Å². The van der Waals surface area contributed by atoms with Crippen molar-refractivity contribution in [1.29, 1.82) is 0 Å². The topological polar surface area (TPSA) is 29.1 Å². The second kappa shape index (κ2) is 6.20. The lowest BCUT2D eigenvalue weighted by atomic mass is 9.83. The number of hydrogen-bond donors (Lipinski definition) is 1. The summed E-state index contributed by atoms with van der Waals surface area (Å²) in [7, 11) is 0. The smallest absolute Gasteiger partial charge is 0.220 e. The second-order valence-electron chi connectivity index (χ2n) is 4.73. The van der Waals surface area contributed by atoms with Gasteiger partial charge in [0.25, 0.3) is 0 Å². The Bertz CT molecular complexity index is 370. The fraction of sp³-hybridized carbons (Fsp3) is 0.500. The lowest BCUT2D eigenvalue weighted by Gasteiger charge is -2.24.